The van der Waals surface area contributed by atoms with E-state index in [1.54, 1.807) is 4.72 Å². The van der Waals surface area contributed by atoms with Crippen molar-refractivity contribution in [3.8, 4) is 0 Å². The molecule has 0 atom stereocenters. The average Bonchev–Trinajstić information content (AvgIpc) is 2.27. The van der Waals surface area contributed by atoms with Gasteiger partial charge in [-0.2, -0.15) is 0 Å². The fourth-order valence-corrected chi connectivity index (χ4v) is 2.02. The lowest BCUT2D eigenvalue weighted by molar-refractivity contribution is -0.0437. The summed E-state index contributed by atoms with van der Waals surface area (Å²) in [7, 11) is -4.13. The summed E-state index contributed by atoms with van der Waals surface area (Å²) in [6, 6.07) is 3.71. The predicted octanol–water partition coefficient (Wildman–Crippen LogP) is 0.732. The average molecular weight is 269 g/mol. The summed E-state index contributed by atoms with van der Waals surface area (Å²) in [5, 5.41) is 8.26. The first kappa shape index (κ1) is 13.9. The van der Waals surface area contributed by atoms with Gasteiger partial charge in [0.05, 0.1) is 11.4 Å². The summed E-state index contributed by atoms with van der Waals surface area (Å²) < 4.78 is 62.3. The quantitative estimate of drug-likeness (QED) is 0.828. The molecule has 0 saturated heterocycles. The standard InChI is InChI=1S/C9H10F3NO3S/c10-7-1-3-8(4-2-7)17(15,16)13-5-9(11,12)6-14/h1-4,13-14H,5-6H2. The van der Waals surface area contributed by atoms with Crippen molar-refractivity contribution < 1.29 is 26.7 Å². The molecule has 0 amide bonds. The number of nitrogens with one attached hydrogen (secondary N) is 1. The molecule has 0 aromatic heterocycles. The van der Waals surface area contributed by atoms with Gasteiger partial charge < -0.3 is 5.11 Å². The van der Waals surface area contributed by atoms with Crippen LogP contribution in [0.1, 0.15) is 0 Å². The molecule has 0 aliphatic heterocycles. The van der Waals surface area contributed by atoms with Crippen LogP contribution in [0.25, 0.3) is 0 Å². The minimum absolute atomic E-state index is 0.326. The molecule has 4 nitrogen and oxygen atoms in total. The van der Waals surface area contributed by atoms with E-state index in [4.69, 9.17) is 5.11 Å². The fraction of sp³-hybridized carbons (Fsp3) is 0.333. The molecule has 0 heterocycles. The van der Waals surface area contributed by atoms with Crippen LogP contribution >= 0.6 is 0 Å². The summed E-state index contributed by atoms with van der Waals surface area (Å²) in [6.07, 6.45) is 0. The van der Waals surface area contributed by atoms with Gasteiger partial charge in [0.15, 0.2) is 0 Å². The molecule has 0 fully saturated rings. The number of alkyl halides is 2. The van der Waals surface area contributed by atoms with Gasteiger partial charge in [0.2, 0.25) is 10.0 Å². The molecule has 0 unspecified atom stereocenters. The van der Waals surface area contributed by atoms with Crippen LogP contribution in [-0.4, -0.2) is 32.6 Å². The van der Waals surface area contributed by atoms with Gasteiger partial charge in [-0.3, -0.25) is 0 Å². The van der Waals surface area contributed by atoms with E-state index in [1.165, 1.54) is 0 Å². The maximum Gasteiger partial charge on any atom is 0.283 e. The molecular weight excluding hydrogens is 259 g/mol. The van der Waals surface area contributed by atoms with Gasteiger partial charge >= 0.3 is 0 Å². The number of hydrogen-bond acceptors (Lipinski definition) is 3. The van der Waals surface area contributed by atoms with Gasteiger partial charge in [-0.1, -0.05) is 0 Å². The van der Waals surface area contributed by atoms with E-state index in [9.17, 15) is 21.6 Å². The molecule has 0 saturated carbocycles. The lowest BCUT2D eigenvalue weighted by atomic mass is 10.4. The fourth-order valence-electron chi connectivity index (χ4n) is 0.954. The number of sulfonamides is 1. The maximum absolute atomic E-state index is 12.6. The smallest absolute Gasteiger partial charge is 0.283 e. The third-order valence-corrected chi connectivity index (χ3v) is 3.29. The Balaban J connectivity index is 2.79. The molecule has 0 aliphatic rings. The zero-order valence-electron chi connectivity index (χ0n) is 8.53. The van der Waals surface area contributed by atoms with Gasteiger partial charge in [-0.25, -0.2) is 26.3 Å². The minimum atomic E-state index is -4.13. The number of aliphatic hydroxyl groups is 1. The van der Waals surface area contributed by atoms with Crippen molar-refractivity contribution in [2.75, 3.05) is 13.2 Å². The Morgan fingerprint density at radius 1 is 1.24 bits per heavy atom. The molecule has 0 aliphatic carbocycles. The lowest BCUT2D eigenvalue weighted by Crippen LogP contribution is -2.38. The third kappa shape index (κ3) is 3.99. The molecule has 0 bridgehead atoms. The highest BCUT2D eigenvalue weighted by atomic mass is 32.2. The Morgan fingerprint density at radius 3 is 2.24 bits per heavy atom. The second-order valence-electron chi connectivity index (χ2n) is 3.29. The van der Waals surface area contributed by atoms with Gasteiger partial charge in [-0.15, -0.1) is 0 Å². The molecule has 17 heavy (non-hydrogen) atoms. The van der Waals surface area contributed by atoms with Crippen molar-refractivity contribution >= 4 is 10.0 Å². The van der Waals surface area contributed by atoms with Crippen LogP contribution in [0.5, 0.6) is 0 Å². The second-order valence-corrected chi connectivity index (χ2v) is 5.06. The molecule has 1 aromatic rings. The largest absolute Gasteiger partial charge is 0.390 e. The summed E-state index contributed by atoms with van der Waals surface area (Å²) in [5.41, 5.74) is 0. The second kappa shape index (κ2) is 5.03. The van der Waals surface area contributed by atoms with E-state index in [0.29, 0.717) is 0 Å². The van der Waals surface area contributed by atoms with E-state index < -0.39 is 34.9 Å². The predicted molar refractivity (Wildman–Crippen MR) is 53.6 cm³/mol. The summed E-state index contributed by atoms with van der Waals surface area (Å²) in [6.45, 7) is -2.68. The van der Waals surface area contributed by atoms with Crippen LogP contribution in [0.2, 0.25) is 0 Å². The SMILES string of the molecule is O=S(=O)(NCC(F)(F)CO)c1ccc(F)cc1. The molecule has 8 heteroatoms. The number of rotatable bonds is 5. The van der Waals surface area contributed by atoms with E-state index in [2.05, 4.69) is 0 Å². The first-order valence-electron chi connectivity index (χ1n) is 4.51. The summed E-state index contributed by atoms with van der Waals surface area (Å²) in [4.78, 5) is -0.326. The number of aliphatic hydroxyl groups excluding tert-OH is 1. The Hall–Kier alpha value is -1.12. The van der Waals surface area contributed by atoms with E-state index >= 15 is 0 Å². The third-order valence-electron chi connectivity index (χ3n) is 1.88. The Labute approximate surface area is 96.1 Å². The minimum Gasteiger partial charge on any atom is -0.390 e. The van der Waals surface area contributed by atoms with Crippen LogP contribution in [0.4, 0.5) is 13.2 Å². The zero-order chi connectivity index (χ0) is 13.1. The van der Waals surface area contributed by atoms with Crippen molar-refractivity contribution in [3.63, 3.8) is 0 Å². The van der Waals surface area contributed by atoms with Crippen molar-refractivity contribution in [2.45, 2.75) is 10.8 Å². The maximum atomic E-state index is 12.6. The Bertz CT molecular complexity index is 473. The highest BCUT2D eigenvalue weighted by Gasteiger charge is 2.30. The highest BCUT2D eigenvalue weighted by molar-refractivity contribution is 7.89. The van der Waals surface area contributed by atoms with Gasteiger partial charge in [0.25, 0.3) is 5.92 Å². The number of halogens is 3. The first-order valence-corrected chi connectivity index (χ1v) is 5.99. The molecule has 0 spiro atoms. The van der Waals surface area contributed by atoms with Gasteiger partial charge in [-0.05, 0) is 24.3 Å². The Kier molecular flexibility index (Phi) is 4.12. The van der Waals surface area contributed by atoms with Crippen molar-refractivity contribution in [1.29, 1.82) is 0 Å². The molecule has 0 radical (unpaired) electrons. The van der Waals surface area contributed by atoms with Crippen LogP contribution < -0.4 is 4.72 Å². The number of benzene rings is 1. The lowest BCUT2D eigenvalue weighted by Gasteiger charge is -2.14. The Morgan fingerprint density at radius 2 is 1.76 bits per heavy atom. The van der Waals surface area contributed by atoms with Crippen molar-refractivity contribution in [1.82, 2.24) is 4.72 Å². The zero-order valence-corrected chi connectivity index (χ0v) is 9.35. The van der Waals surface area contributed by atoms with E-state index in [0.717, 1.165) is 24.3 Å². The van der Waals surface area contributed by atoms with E-state index in [1.807, 2.05) is 0 Å². The van der Waals surface area contributed by atoms with Crippen LogP contribution in [0.3, 0.4) is 0 Å². The normalized spacial score (nSPS) is 12.7. The molecular formula is C9H10F3NO3S. The van der Waals surface area contributed by atoms with Crippen molar-refractivity contribution in [2.24, 2.45) is 0 Å². The highest BCUT2D eigenvalue weighted by Crippen LogP contribution is 2.13. The van der Waals surface area contributed by atoms with Crippen LogP contribution in [0, 0.1) is 5.82 Å². The first-order chi connectivity index (χ1) is 7.77. The van der Waals surface area contributed by atoms with Crippen molar-refractivity contribution in [3.05, 3.63) is 30.1 Å². The molecule has 2 N–H and O–H groups in total. The molecule has 96 valence electrons. The van der Waals surface area contributed by atoms with E-state index in [-0.39, 0.29) is 4.90 Å². The monoisotopic (exact) mass is 269 g/mol. The van der Waals surface area contributed by atoms with Crippen LogP contribution in [0.15, 0.2) is 29.2 Å². The topological polar surface area (TPSA) is 66.4 Å². The molecule has 1 aromatic carbocycles. The molecule has 1 rings (SSSR count). The summed E-state index contributed by atoms with van der Waals surface area (Å²) in [5.74, 6) is -4.17. The van der Waals surface area contributed by atoms with Crippen LogP contribution in [-0.2, 0) is 10.0 Å². The van der Waals surface area contributed by atoms with Gasteiger partial charge in [0.1, 0.15) is 12.4 Å². The summed E-state index contributed by atoms with van der Waals surface area (Å²) >= 11 is 0. The number of hydrogen-bond donors (Lipinski definition) is 2. The van der Waals surface area contributed by atoms with Gasteiger partial charge in [0, 0.05) is 0 Å².